The van der Waals surface area contributed by atoms with Crippen molar-refractivity contribution < 1.29 is 4.79 Å². The molecule has 0 bridgehead atoms. The molecule has 1 aliphatic rings. The van der Waals surface area contributed by atoms with Crippen LogP contribution in [0.2, 0.25) is 0 Å². The van der Waals surface area contributed by atoms with E-state index in [0.717, 1.165) is 24.0 Å². The van der Waals surface area contributed by atoms with Crippen molar-refractivity contribution in [1.29, 1.82) is 0 Å². The molecule has 2 rings (SSSR count). The predicted molar refractivity (Wildman–Crippen MR) is 59.3 cm³/mol. The van der Waals surface area contributed by atoms with Crippen molar-refractivity contribution >= 4 is 22.1 Å². The van der Waals surface area contributed by atoms with Crippen molar-refractivity contribution in [3.8, 4) is 0 Å². The number of amides is 1. The Labute approximate surface area is 92.2 Å². The van der Waals surface area contributed by atoms with Crippen molar-refractivity contribution in [3.05, 3.63) is 35.4 Å². The SMILES string of the molecule is Cc1ccccc1C(=O)N(Br)C1CC1. The van der Waals surface area contributed by atoms with Gasteiger partial charge in [0, 0.05) is 11.6 Å². The first-order chi connectivity index (χ1) is 6.70. The van der Waals surface area contributed by atoms with Gasteiger partial charge in [0.2, 0.25) is 0 Å². The van der Waals surface area contributed by atoms with Gasteiger partial charge in [0.15, 0.2) is 0 Å². The molecular formula is C11H12BrNO. The quantitative estimate of drug-likeness (QED) is 0.743. The molecule has 0 saturated heterocycles. The molecule has 3 heteroatoms. The van der Waals surface area contributed by atoms with Gasteiger partial charge in [0.05, 0.1) is 16.1 Å². The molecule has 1 aromatic rings. The molecule has 0 aromatic heterocycles. The number of aryl methyl sites for hydroxylation is 1. The van der Waals surface area contributed by atoms with Crippen molar-refractivity contribution in [2.75, 3.05) is 0 Å². The third-order valence-electron chi connectivity index (χ3n) is 2.44. The van der Waals surface area contributed by atoms with Crippen molar-refractivity contribution in [1.82, 2.24) is 3.93 Å². The van der Waals surface area contributed by atoms with Gasteiger partial charge >= 0.3 is 0 Å². The second kappa shape index (κ2) is 3.73. The standard InChI is InChI=1S/C11H12BrNO/c1-8-4-2-3-5-10(8)11(14)13(12)9-6-7-9/h2-5,9H,6-7H2,1H3. The maximum Gasteiger partial charge on any atom is 0.264 e. The third kappa shape index (κ3) is 1.82. The van der Waals surface area contributed by atoms with Crippen LogP contribution >= 0.6 is 16.1 Å². The lowest BCUT2D eigenvalue weighted by Crippen LogP contribution is -2.23. The van der Waals surface area contributed by atoms with Crippen LogP contribution < -0.4 is 0 Å². The minimum absolute atomic E-state index is 0.0746. The Bertz CT molecular complexity index is 360. The second-order valence-electron chi connectivity index (χ2n) is 3.66. The summed E-state index contributed by atoms with van der Waals surface area (Å²) in [6.07, 6.45) is 2.23. The summed E-state index contributed by atoms with van der Waals surface area (Å²) in [4.78, 5) is 11.9. The minimum Gasteiger partial charge on any atom is -0.272 e. The molecule has 0 N–H and O–H groups in total. The number of rotatable bonds is 2. The highest BCUT2D eigenvalue weighted by atomic mass is 79.9. The first kappa shape index (κ1) is 9.71. The summed E-state index contributed by atoms with van der Waals surface area (Å²) in [6, 6.07) is 8.08. The third-order valence-corrected chi connectivity index (χ3v) is 3.34. The van der Waals surface area contributed by atoms with Gasteiger partial charge in [-0.25, -0.2) is 0 Å². The average molecular weight is 254 g/mol. The summed E-state index contributed by atoms with van der Waals surface area (Å²) in [7, 11) is 0. The summed E-state index contributed by atoms with van der Waals surface area (Å²) in [5, 5.41) is 0. The van der Waals surface area contributed by atoms with E-state index in [1.807, 2.05) is 31.2 Å². The molecule has 74 valence electrons. The Morgan fingerprint density at radius 3 is 2.64 bits per heavy atom. The van der Waals surface area contributed by atoms with Crippen molar-refractivity contribution in [2.24, 2.45) is 0 Å². The molecular weight excluding hydrogens is 242 g/mol. The van der Waals surface area contributed by atoms with E-state index in [2.05, 4.69) is 16.1 Å². The zero-order valence-electron chi connectivity index (χ0n) is 8.03. The smallest absolute Gasteiger partial charge is 0.264 e. The van der Waals surface area contributed by atoms with Crippen LogP contribution in [0.25, 0.3) is 0 Å². The minimum atomic E-state index is 0.0746. The van der Waals surface area contributed by atoms with E-state index >= 15 is 0 Å². The molecule has 1 saturated carbocycles. The number of nitrogens with zero attached hydrogens (tertiary/aromatic N) is 1. The zero-order chi connectivity index (χ0) is 10.1. The highest BCUT2D eigenvalue weighted by Crippen LogP contribution is 2.31. The molecule has 1 fully saturated rings. The molecule has 1 aromatic carbocycles. The topological polar surface area (TPSA) is 20.3 Å². The molecule has 2 nitrogen and oxygen atoms in total. The van der Waals surface area contributed by atoms with Crippen LogP contribution in [0.15, 0.2) is 24.3 Å². The zero-order valence-corrected chi connectivity index (χ0v) is 9.62. The maximum absolute atomic E-state index is 11.9. The number of halogens is 1. The Hall–Kier alpha value is -0.830. The Morgan fingerprint density at radius 1 is 1.43 bits per heavy atom. The van der Waals surface area contributed by atoms with Crippen molar-refractivity contribution in [2.45, 2.75) is 25.8 Å². The molecule has 1 amide bonds. The van der Waals surface area contributed by atoms with Gasteiger partial charge in [-0.05, 0) is 31.4 Å². The van der Waals surface area contributed by atoms with Crippen LogP contribution in [0.1, 0.15) is 28.8 Å². The number of carbonyl (C=O) groups excluding carboxylic acids is 1. The van der Waals surface area contributed by atoms with Crippen LogP contribution in [0.5, 0.6) is 0 Å². The van der Waals surface area contributed by atoms with E-state index in [4.69, 9.17) is 0 Å². The van der Waals surface area contributed by atoms with Crippen LogP contribution in [-0.2, 0) is 0 Å². The maximum atomic E-state index is 11.9. The van der Waals surface area contributed by atoms with Gasteiger partial charge < -0.3 is 0 Å². The highest BCUT2D eigenvalue weighted by molar-refractivity contribution is 9.07. The fourth-order valence-corrected chi connectivity index (χ4v) is 2.00. The first-order valence-electron chi connectivity index (χ1n) is 4.75. The van der Waals surface area contributed by atoms with Gasteiger partial charge in [-0.3, -0.25) is 8.72 Å². The molecule has 0 radical (unpaired) electrons. The summed E-state index contributed by atoms with van der Waals surface area (Å²) in [5.74, 6) is 0.0746. The van der Waals surface area contributed by atoms with Crippen LogP contribution in [0.4, 0.5) is 0 Å². The van der Waals surface area contributed by atoms with E-state index in [-0.39, 0.29) is 5.91 Å². The molecule has 14 heavy (non-hydrogen) atoms. The van der Waals surface area contributed by atoms with Gasteiger partial charge in [0.25, 0.3) is 5.91 Å². The number of benzene rings is 1. The van der Waals surface area contributed by atoms with Crippen LogP contribution in [0, 0.1) is 6.92 Å². The highest BCUT2D eigenvalue weighted by Gasteiger charge is 2.32. The normalized spacial score (nSPS) is 15.3. The van der Waals surface area contributed by atoms with Gasteiger partial charge in [0.1, 0.15) is 0 Å². The summed E-state index contributed by atoms with van der Waals surface area (Å²) >= 11 is 3.32. The van der Waals surface area contributed by atoms with E-state index in [1.54, 1.807) is 3.93 Å². The van der Waals surface area contributed by atoms with Crippen LogP contribution in [-0.4, -0.2) is 15.9 Å². The number of hydrogen-bond donors (Lipinski definition) is 0. The fourth-order valence-electron chi connectivity index (χ4n) is 1.39. The summed E-state index contributed by atoms with van der Waals surface area (Å²) < 4.78 is 1.68. The lowest BCUT2D eigenvalue weighted by Gasteiger charge is -2.14. The van der Waals surface area contributed by atoms with Gasteiger partial charge in [-0.15, -0.1) is 0 Å². The molecule has 0 atom stereocenters. The second-order valence-corrected chi connectivity index (χ2v) is 4.43. The monoisotopic (exact) mass is 253 g/mol. The number of carbonyl (C=O) groups is 1. The molecule has 0 aliphatic heterocycles. The van der Waals surface area contributed by atoms with E-state index in [1.165, 1.54) is 0 Å². The van der Waals surface area contributed by atoms with E-state index in [0.29, 0.717) is 6.04 Å². The van der Waals surface area contributed by atoms with Gasteiger partial charge in [-0.2, -0.15) is 0 Å². The summed E-state index contributed by atoms with van der Waals surface area (Å²) in [5.41, 5.74) is 1.82. The lowest BCUT2D eigenvalue weighted by atomic mass is 10.1. The Kier molecular flexibility index (Phi) is 2.59. The molecule has 0 unspecified atom stereocenters. The average Bonchev–Trinajstić information content (AvgIpc) is 3.00. The largest absolute Gasteiger partial charge is 0.272 e. The van der Waals surface area contributed by atoms with Crippen LogP contribution in [0.3, 0.4) is 0 Å². The molecule has 0 heterocycles. The summed E-state index contributed by atoms with van der Waals surface area (Å²) in [6.45, 7) is 1.96. The predicted octanol–water partition coefficient (Wildman–Crippen LogP) is 2.91. The van der Waals surface area contributed by atoms with Crippen molar-refractivity contribution in [3.63, 3.8) is 0 Å². The Morgan fingerprint density at radius 2 is 2.07 bits per heavy atom. The fraction of sp³-hybridized carbons (Fsp3) is 0.364. The first-order valence-corrected chi connectivity index (χ1v) is 5.46. The molecule has 1 aliphatic carbocycles. The Balaban J connectivity index is 2.21. The lowest BCUT2D eigenvalue weighted by molar-refractivity contribution is 0.0873. The number of hydrogen-bond acceptors (Lipinski definition) is 1. The van der Waals surface area contributed by atoms with Gasteiger partial charge in [-0.1, -0.05) is 18.2 Å². The van der Waals surface area contributed by atoms with E-state index < -0.39 is 0 Å². The van der Waals surface area contributed by atoms with E-state index in [9.17, 15) is 4.79 Å². The molecule has 0 spiro atoms.